The second-order valence-corrected chi connectivity index (χ2v) is 8.16. The molecular weight excluding hydrogens is 302 g/mol. The summed E-state index contributed by atoms with van der Waals surface area (Å²) in [6.07, 6.45) is 12.3. The van der Waals surface area contributed by atoms with Crippen molar-refractivity contribution in [2.75, 3.05) is 7.11 Å². The fourth-order valence-electron chi connectivity index (χ4n) is 2.40. The highest BCUT2D eigenvalue weighted by molar-refractivity contribution is 7.80. The minimum atomic E-state index is 0.178. The van der Waals surface area contributed by atoms with E-state index in [0.717, 1.165) is 5.92 Å². The van der Waals surface area contributed by atoms with Gasteiger partial charge in [-0.3, -0.25) is 5.32 Å². The molecule has 0 spiro atoms. The number of rotatable bonds is 13. The van der Waals surface area contributed by atoms with Gasteiger partial charge >= 0.3 is 0 Å². The molecule has 2 unspecified atom stereocenters. The van der Waals surface area contributed by atoms with Crippen LogP contribution in [0.5, 0.6) is 0 Å². The SMILES string of the molecule is CC(C)S.CCCCCCC[C@@H](CCC(C)CC)NC(C)OC. The van der Waals surface area contributed by atoms with Gasteiger partial charge in [-0.25, -0.2) is 0 Å². The zero-order chi connectivity index (χ0) is 18.1. The predicted octanol–water partition coefficient (Wildman–Crippen LogP) is 6.45. The summed E-state index contributed by atoms with van der Waals surface area (Å²) >= 11 is 3.97. The van der Waals surface area contributed by atoms with Gasteiger partial charge in [-0.15, -0.1) is 0 Å². The Kier molecular flexibility index (Phi) is 20.6. The normalized spacial score (nSPS) is 15.0. The molecule has 0 aliphatic carbocycles. The maximum atomic E-state index is 5.35. The van der Waals surface area contributed by atoms with Crippen molar-refractivity contribution in [2.24, 2.45) is 5.92 Å². The maximum Gasteiger partial charge on any atom is 0.105 e. The quantitative estimate of drug-likeness (QED) is 0.227. The molecule has 0 aliphatic heterocycles. The van der Waals surface area contributed by atoms with Crippen molar-refractivity contribution in [1.29, 1.82) is 0 Å². The monoisotopic (exact) mass is 347 g/mol. The summed E-state index contributed by atoms with van der Waals surface area (Å²) in [4.78, 5) is 0. The van der Waals surface area contributed by atoms with Gasteiger partial charge in [-0.05, 0) is 37.4 Å². The largest absolute Gasteiger partial charge is 0.367 e. The molecule has 0 aromatic rings. The number of hydrogen-bond acceptors (Lipinski definition) is 3. The summed E-state index contributed by atoms with van der Waals surface area (Å²) < 4.78 is 5.35. The van der Waals surface area contributed by atoms with Gasteiger partial charge in [-0.1, -0.05) is 73.1 Å². The van der Waals surface area contributed by atoms with Crippen LogP contribution in [0.2, 0.25) is 0 Å². The third-order valence-electron chi connectivity index (χ3n) is 4.18. The van der Waals surface area contributed by atoms with Gasteiger partial charge in [0.1, 0.15) is 6.23 Å². The minimum Gasteiger partial charge on any atom is -0.367 e. The fourth-order valence-corrected chi connectivity index (χ4v) is 2.40. The van der Waals surface area contributed by atoms with Crippen molar-refractivity contribution in [2.45, 2.75) is 117 Å². The summed E-state index contributed by atoms with van der Waals surface area (Å²) in [5, 5.41) is 4.14. The first-order valence-corrected chi connectivity index (χ1v) is 10.4. The number of hydrogen-bond donors (Lipinski definition) is 2. The number of thiol groups is 1. The first-order chi connectivity index (χ1) is 10.9. The molecule has 3 atom stereocenters. The molecule has 0 fully saturated rings. The van der Waals surface area contributed by atoms with Crippen LogP contribution in [0, 0.1) is 5.92 Å². The van der Waals surface area contributed by atoms with Crippen LogP contribution in [0.15, 0.2) is 0 Å². The fraction of sp³-hybridized carbons (Fsp3) is 1.00. The first-order valence-electron chi connectivity index (χ1n) is 9.84. The van der Waals surface area contributed by atoms with Crippen LogP contribution in [0.1, 0.15) is 99.3 Å². The molecule has 3 heteroatoms. The van der Waals surface area contributed by atoms with Gasteiger partial charge in [0.25, 0.3) is 0 Å². The number of ether oxygens (including phenoxy) is 1. The van der Waals surface area contributed by atoms with Crippen molar-refractivity contribution in [3.63, 3.8) is 0 Å². The molecule has 2 nitrogen and oxygen atoms in total. The van der Waals surface area contributed by atoms with E-state index >= 15 is 0 Å². The van der Waals surface area contributed by atoms with Crippen molar-refractivity contribution in [3.8, 4) is 0 Å². The number of nitrogens with one attached hydrogen (secondary N) is 1. The van der Waals surface area contributed by atoms with Gasteiger partial charge in [0.05, 0.1) is 0 Å². The lowest BCUT2D eigenvalue weighted by molar-refractivity contribution is 0.0744. The summed E-state index contributed by atoms with van der Waals surface area (Å²) in [6.45, 7) is 13.1. The Balaban J connectivity index is 0. The molecule has 0 rings (SSSR count). The van der Waals surface area contributed by atoms with E-state index < -0.39 is 0 Å². The van der Waals surface area contributed by atoms with Gasteiger partial charge < -0.3 is 4.74 Å². The highest BCUT2D eigenvalue weighted by Crippen LogP contribution is 2.16. The van der Waals surface area contributed by atoms with Gasteiger partial charge in [0.2, 0.25) is 0 Å². The Morgan fingerprint density at radius 2 is 1.43 bits per heavy atom. The minimum absolute atomic E-state index is 0.178. The van der Waals surface area contributed by atoms with Crippen LogP contribution >= 0.6 is 12.6 Å². The second-order valence-electron chi connectivity index (χ2n) is 7.13. The van der Waals surface area contributed by atoms with Crippen molar-refractivity contribution >= 4 is 12.6 Å². The molecule has 0 bridgehead atoms. The zero-order valence-electron chi connectivity index (χ0n) is 17.0. The van der Waals surface area contributed by atoms with E-state index in [4.69, 9.17) is 4.74 Å². The second kappa shape index (κ2) is 18.6. The third kappa shape index (κ3) is 22.3. The zero-order valence-corrected chi connectivity index (χ0v) is 17.9. The highest BCUT2D eigenvalue weighted by Gasteiger charge is 2.12. The molecule has 0 saturated carbocycles. The highest BCUT2D eigenvalue weighted by atomic mass is 32.1. The van der Waals surface area contributed by atoms with Crippen LogP contribution in [0.3, 0.4) is 0 Å². The number of unbranched alkanes of at least 4 members (excludes halogenated alkanes) is 4. The smallest absolute Gasteiger partial charge is 0.105 e. The molecule has 23 heavy (non-hydrogen) atoms. The standard InChI is InChI=1S/C17H37NO.C3H8S/c1-6-8-9-10-11-12-17(18-16(4)19-5)14-13-15(3)7-2;1-3(2)4/h15-18H,6-14H2,1-5H3;3-4H,1-2H3/t15?,16?,17-;/m0./s1. The van der Waals surface area contributed by atoms with Crippen LogP contribution in [-0.4, -0.2) is 24.6 Å². The van der Waals surface area contributed by atoms with Gasteiger partial charge in [0, 0.05) is 13.2 Å². The van der Waals surface area contributed by atoms with Crippen molar-refractivity contribution in [1.82, 2.24) is 5.32 Å². The third-order valence-corrected chi connectivity index (χ3v) is 4.18. The molecule has 0 aromatic heterocycles. The molecule has 0 aromatic carbocycles. The van der Waals surface area contributed by atoms with Gasteiger partial charge in [0.15, 0.2) is 0 Å². The van der Waals surface area contributed by atoms with E-state index in [9.17, 15) is 0 Å². The Bertz CT molecular complexity index is 221. The van der Waals surface area contributed by atoms with Gasteiger partial charge in [-0.2, -0.15) is 12.6 Å². The Morgan fingerprint density at radius 3 is 1.91 bits per heavy atom. The molecule has 0 aliphatic rings. The lowest BCUT2D eigenvalue weighted by atomic mass is 9.96. The van der Waals surface area contributed by atoms with Crippen LogP contribution in [-0.2, 0) is 4.74 Å². The molecule has 0 radical (unpaired) electrons. The van der Waals surface area contributed by atoms with Crippen LogP contribution < -0.4 is 5.32 Å². The van der Waals surface area contributed by atoms with E-state index in [1.807, 2.05) is 13.8 Å². The van der Waals surface area contributed by atoms with E-state index in [-0.39, 0.29) is 6.23 Å². The molecular formula is C20H45NOS. The summed E-state index contributed by atoms with van der Waals surface area (Å²) in [7, 11) is 1.78. The predicted molar refractivity (Wildman–Crippen MR) is 110 cm³/mol. The Labute approximate surface area is 152 Å². The average Bonchev–Trinajstić information content (AvgIpc) is 2.50. The first kappa shape index (κ1) is 25.5. The van der Waals surface area contributed by atoms with E-state index in [1.165, 1.54) is 57.8 Å². The van der Waals surface area contributed by atoms with Crippen molar-refractivity contribution in [3.05, 3.63) is 0 Å². The van der Waals surface area contributed by atoms with Crippen LogP contribution in [0.25, 0.3) is 0 Å². The van der Waals surface area contributed by atoms with Crippen LogP contribution in [0.4, 0.5) is 0 Å². The molecule has 0 saturated heterocycles. The Hall–Kier alpha value is 0.270. The average molecular weight is 348 g/mol. The maximum absolute atomic E-state index is 5.35. The summed E-state index contributed by atoms with van der Waals surface area (Å²) in [5.41, 5.74) is 0. The Morgan fingerprint density at radius 1 is 0.870 bits per heavy atom. The summed E-state index contributed by atoms with van der Waals surface area (Å²) in [5.74, 6) is 0.849. The van der Waals surface area contributed by atoms with E-state index in [0.29, 0.717) is 11.3 Å². The molecule has 1 N–H and O–H groups in total. The lowest BCUT2D eigenvalue weighted by Crippen LogP contribution is -2.37. The van der Waals surface area contributed by atoms with E-state index in [1.54, 1.807) is 7.11 Å². The molecule has 142 valence electrons. The molecule has 0 amide bonds. The topological polar surface area (TPSA) is 21.3 Å². The van der Waals surface area contributed by atoms with E-state index in [2.05, 4.69) is 45.6 Å². The lowest BCUT2D eigenvalue weighted by Gasteiger charge is -2.23. The number of methoxy groups -OCH3 is 1. The summed E-state index contributed by atoms with van der Waals surface area (Å²) in [6, 6.07) is 0.630. The van der Waals surface area contributed by atoms with Crippen molar-refractivity contribution < 1.29 is 4.74 Å². The molecule has 0 heterocycles.